The van der Waals surface area contributed by atoms with Crippen LogP contribution in [0.5, 0.6) is 5.75 Å². The number of methoxy groups -OCH3 is 1. The van der Waals surface area contributed by atoms with E-state index in [1.807, 2.05) is 6.07 Å². The molecule has 0 saturated heterocycles. The smallest absolute Gasteiger partial charge is 0.333 e. The molecule has 0 aliphatic heterocycles. The molecule has 0 bridgehead atoms. The number of ether oxygens (including phenoxy) is 1. The number of anilines is 1. The molecule has 4 nitrogen and oxygen atoms in total. The minimum Gasteiger partial charge on any atom is -0.495 e. The van der Waals surface area contributed by atoms with E-state index in [4.69, 9.17) is 16.3 Å². The summed E-state index contributed by atoms with van der Waals surface area (Å²) in [6, 6.07) is 14.0. The van der Waals surface area contributed by atoms with Gasteiger partial charge in [-0.2, -0.15) is 0 Å². The summed E-state index contributed by atoms with van der Waals surface area (Å²) in [4.78, 5) is 11.8. The summed E-state index contributed by atoms with van der Waals surface area (Å²) in [6.45, 7) is 1.57. The second-order valence-electron chi connectivity index (χ2n) is 4.74. The molecule has 0 aromatic heterocycles. The monoisotopic (exact) mass is 305 g/mol. The van der Waals surface area contributed by atoms with E-state index >= 15 is 0 Å². The standard InChI is InChI=1S/C16H16ClNO3/c1-16(15(19)20,11-7-3-4-8-12(11)17)18-13-9-5-6-10-14(13)21-2/h3-10,18H,1-2H3,(H,19,20). The van der Waals surface area contributed by atoms with Crippen LogP contribution in [0.2, 0.25) is 5.02 Å². The van der Waals surface area contributed by atoms with Crippen LogP contribution < -0.4 is 10.1 Å². The van der Waals surface area contributed by atoms with Crippen molar-refractivity contribution in [1.82, 2.24) is 0 Å². The van der Waals surface area contributed by atoms with E-state index in [-0.39, 0.29) is 0 Å². The van der Waals surface area contributed by atoms with Crippen LogP contribution in [-0.2, 0) is 10.3 Å². The lowest BCUT2D eigenvalue weighted by molar-refractivity contribution is -0.142. The molecule has 2 aromatic carbocycles. The lowest BCUT2D eigenvalue weighted by Gasteiger charge is -2.29. The molecule has 2 N–H and O–H groups in total. The summed E-state index contributed by atoms with van der Waals surface area (Å²) >= 11 is 6.16. The fourth-order valence-electron chi connectivity index (χ4n) is 2.12. The Morgan fingerprint density at radius 2 is 1.81 bits per heavy atom. The van der Waals surface area contributed by atoms with Gasteiger partial charge in [0.05, 0.1) is 12.8 Å². The number of rotatable bonds is 5. The van der Waals surface area contributed by atoms with Gasteiger partial charge in [-0.1, -0.05) is 41.9 Å². The number of carboxylic acids is 1. The van der Waals surface area contributed by atoms with Crippen molar-refractivity contribution < 1.29 is 14.6 Å². The fourth-order valence-corrected chi connectivity index (χ4v) is 2.44. The molecule has 0 saturated carbocycles. The zero-order valence-corrected chi connectivity index (χ0v) is 12.5. The number of aliphatic carboxylic acids is 1. The van der Waals surface area contributed by atoms with Crippen molar-refractivity contribution in [2.45, 2.75) is 12.5 Å². The van der Waals surface area contributed by atoms with E-state index in [0.29, 0.717) is 22.0 Å². The topological polar surface area (TPSA) is 58.6 Å². The first-order valence-corrected chi connectivity index (χ1v) is 6.76. The number of benzene rings is 2. The summed E-state index contributed by atoms with van der Waals surface area (Å²) in [7, 11) is 1.54. The summed E-state index contributed by atoms with van der Waals surface area (Å²) < 4.78 is 5.25. The Bertz CT molecular complexity index is 659. The summed E-state index contributed by atoms with van der Waals surface area (Å²) in [5, 5.41) is 13.1. The first-order chi connectivity index (χ1) is 9.99. The highest BCUT2D eigenvalue weighted by Gasteiger charge is 2.37. The quantitative estimate of drug-likeness (QED) is 0.883. The molecule has 110 valence electrons. The molecule has 1 unspecified atom stereocenters. The molecule has 2 aromatic rings. The molecule has 1 atom stereocenters. The summed E-state index contributed by atoms with van der Waals surface area (Å²) in [6.07, 6.45) is 0. The highest BCUT2D eigenvalue weighted by atomic mass is 35.5. The van der Waals surface area contributed by atoms with Crippen molar-refractivity contribution in [2.24, 2.45) is 0 Å². The van der Waals surface area contributed by atoms with Gasteiger partial charge < -0.3 is 15.2 Å². The van der Waals surface area contributed by atoms with E-state index in [1.165, 1.54) is 7.11 Å². The average molecular weight is 306 g/mol. The maximum atomic E-state index is 11.8. The molecular weight excluding hydrogens is 290 g/mol. The highest BCUT2D eigenvalue weighted by molar-refractivity contribution is 6.31. The Morgan fingerprint density at radius 3 is 2.43 bits per heavy atom. The summed E-state index contributed by atoms with van der Waals surface area (Å²) in [5.74, 6) is -0.460. The molecule has 0 aliphatic carbocycles. The van der Waals surface area contributed by atoms with E-state index < -0.39 is 11.5 Å². The van der Waals surface area contributed by atoms with Gasteiger partial charge in [0.1, 0.15) is 5.75 Å². The molecule has 0 aliphatic rings. The molecule has 0 fully saturated rings. The van der Waals surface area contributed by atoms with E-state index in [1.54, 1.807) is 49.4 Å². The lowest BCUT2D eigenvalue weighted by atomic mass is 9.91. The van der Waals surface area contributed by atoms with Gasteiger partial charge in [-0.3, -0.25) is 0 Å². The molecule has 0 amide bonds. The maximum Gasteiger partial charge on any atom is 0.333 e. The minimum absolute atomic E-state index is 0.393. The van der Waals surface area contributed by atoms with Crippen molar-refractivity contribution in [2.75, 3.05) is 12.4 Å². The van der Waals surface area contributed by atoms with E-state index in [9.17, 15) is 9.90 Å². The lowest BCUT2D eigenvalue weighted by Crippen LogP contribution is -2.40. The maximum absolute atomic E-state index is 11.8. The Kier molecular flexibility index (Phi) is 4.38. The molecular formula is C16H16ClNO3. The Balaban J connectivity index is 2.49. The third-order valence-corrected chi connectivity index (χ3v) is 3.66. The van der Waals surface area contributed by atoms with Gasteiger partial charge in [-0.15, -0.1) is 0 Å². The van der Waals surface area contributed by atoms with Crippen molar-refractivity contribution in [3.05, 3.63) is 59.1 Å². The van der Waals surface area contributed by atoms with Gasteiger partial charge in [0, 0.05) is 10.6 Å². The normalized spacial score (nSPS) is 13.3. The van der Waals surface area contributed by atoms with Crippen LogP contribution in [0.1, 0.15) is 12.5 Å². The number of carboxylic acid groups (broad SMARTS) is 1. The molecule has 21 heavy (non-hydrogen) atoms. The number of nitrogens with one attached hydrogen (secondary N) is 1. The molecule has 0 radical (unpaired) electrons. The van der Waals surface area contributed by atoms with E-state index in [2.05, 4.69) is 5.32 Å². The van der Waals surface area contributed by atoms with Crippen molar-refractivity contribution >= 4 is 23.3 Å². The van der Waals surface area contributed by atoms with Crippen molar-refractivity contribution in [1.29, 1.82) is 0 Å². The number of halogens is 1. The first-order valence-electron chi connectivity index (χ1n) is 6.38. The Labute approximate surface area is 128 Å². The van der Waals surface area contributed by atoms with Gasteiger partial charge in [0.25, 0.3) is 0 Å². The van der Waals surface area contributed by atoms with Crippen LogP contribution in [0, 0.1) is 0 Å². The van der Waals surface area contributed by atoms with Crippen LogP contribution in [0.25, 0.3) is 0 Å². The zero-order chi connectivity index (χ0) is 15.5. The summed E-state index contributed by atoms with van der Waals surface area (Å²) in [5.41, 5.74) is -0.289. The number of carbonyl (C=O) groups is 1. The number of hydrogen-bond acceptors (Lipinski definition) is 3. The third kappa shape index (κ3) is 2.95. The zero-order valence-electron chi connectivity index (χ0n) is 11.8. The minimum atomic E-state index is -1.37. The SMILES string of the molecule is COc1ccccc1NC(C)(C(=O)O)c1ccccc1Cl. The highest BCUT2D eigenvalue weighted by Crippen LogP contribution is 2.34. The molecule has 0 heterocycles. The molecule has 0 spiro atoms. The van der Waals surface area contributed by atoms with Gasteiger partial charge in [0.2, 0.25) is 0 Å². The van der Waals surface area contributed by atoms with Crippen LogP contribution in [0.3, 0.4) is 0 Å². The van der Waals surface area contributed by atoms with E-state index in [0.717, 1.165) is 0 Å². The van der Waals surface area contributed by atoms with Crippen LogP contribution in [0.15, 0.2) is 48.5 Å². The van der Waals surface area contributed by atoms with Gasteiger partial charge in [0.15, 0.2) is 5.54 Å². The largest absolute Gasteiger partial charge is 0.495 e. The third-order valence-electron chi connectivity index (χ3n) is 3.33. The Morgan fingerprint density at radius 1 is 1.19 bits per heavy atom. The number of hydrogen-bond donors (Lipinski definition) is 2. The fraction of sp³-hybridized carbons (Fsp3) is 0.188. The van der Waals surface area contributed by atoms with Crippen LogP contribution in [-0.4, -0.2) is 18.2 Å². The molecule has 5 heteroatoms. The predicted molar refractivity (Wildman–Crippen MR) is 83.1 cm³/mol. The van der Waals surface area contributed by atoms with Crippen LogP contribution in [0.4, 0.5) is 5.69 Å². The number of para-hydroxylation sites is 2. The van der Waals surface area contributed by atoms with Crippen molar-refractivity contribution in [3.63, 3.8) is 0 Å². The van der Waals surface area contributed by atoms with Crippen molar-refractivity contribution in [3.8, 4) is 5.75 Å². The van der Waals surface area contributed by atoms with Gasteiger partial charge >= 0.3 is 5.97 Å². The first kappa shape index (κ1) is 15.2. The predicted octanol–water partition coefficient (Wildman–Crippen LogP) is 3.76. The van der Waals surface area contributed by atoms with Crippen LogP contribution >= 0.6 is 11.6 Å². The van der Waals surface area contributed by atoms with Gasteiger partial charge in [-0.25, -0.2) is 4.79 Å². The molecule has 2 rings (SSSR count). The van der Waals surface area contributed by atoms with Gasteiger partial charge in [-0.05, 0) is 25.1 Å². The Hall–Kier alpha value is -2.20. The average Bonchev–Trinajstić information content (AvgIpc) is 2.48. The second kappa shape index (κ2) is 6.06. The second-order valence-corrected chi connectivity index (χ2v) is 5.14.